The molecule has 0 aliphatic rings. The van der Waals surface area contributed by atoms with Crippen LogP contribution in [0.2, 0.25) is 0 Å². The van der Waals surface area contributed by atoms with Gasteiger partial charge in [0.25, 0.3) is 5.91 Å². The highest BCUT2D eigenvalue weighted by Gasteiger charge is 2.15. The molecule has 0 spiro atoms. The first-order chi connectivity index (χ1) is 16.1. The molecule has 2 aromatic carbocycles. The Labute approximate surface area is 190 Å². The van der Waals surface area contributed by atoms with E-state index < -0.39 is 0 Å². The summed E-state index contributed by atoms with van der Waals surface area (Å²) in [4.78, 5) is 29.3. The number of nitrogens with one attached hydrogen (secondary N) is 2. The van der Waals surface area contributed by atoms with E-state index >= 15 is 0 Å². The smallest absolute Gasteiger partial charge is 0.255 e. The van der Waals surface area contributed by atoms with E-state index in [1.165, 1.54) is 0 Å². The van der Waals surface area contributed by atoms with Crippen molar-refractivity contribution in [2.45, 2.75) is 13.8 Å². The summed E-state index contributed by atoms with van der Waals surface area (Å²) in [6.45, 7) is 3.91. The molecule has 7 nitrogen and oxygen atoms in total. The molecule has 0 bridgehead atoms. The Hall–Kier alpha value is -4.52. The van der Waals surface area contributed by atoms with Gasteiger partial charge in [-0.1, -0.05) is 18.2 Å². The number of anilines is 1. The number of nitrogens with zero attached hydrogens (tertiary/aromatic N) is 3. The number of aromatic amines is 1. The van der Waals surface area contributed by atoms with Gasteiger partial charge in [0.2, 0.25) is 5.88 Å². The van der Waals surface area contributed by atoms with E-state index in [0.29, 0.717) is 28.5 Å². The van der Waals surface area contributed by atoms with E-state index in [4.69, 9.17) is 4.74 Å². The Kier molecular flexibility index (Phi) is 5.28. The molecule has 5 aromatic rings. The topological polar surface area (TPSA) is 92.8 Å². The third-order valence-electron chi connectivity index (χ3n) is 5.24. The van der Waals surface area contributed by atoms with Gasteiger partial charge < -0.3 is 15.0 Å². The van der Waals surface area contributed by atoms with Crippen molar-refractivity contribution >= 4 is 22.6 Å². The van der Waals surface area contributed by atoms with Gasteiger partial charge >= 0.3 is 0 Å². The maximum Gasteiger partial charge on any atom is 0.255 e. The Morgan fingerprint density at radius 2 is 1.82 bits per heavy atom. The molecule has 2 N–H and O–H groups in total. The minimum Gasteiger partial charge on any atom is -0.437 e. The van der Waals surface area contributed by atoms with Crippen LogP contribution in [-0.2, 0) is 0 Å². The molecule has 0 atom stereocenters. The molecular formula is C26H21N5O2. The number of pyridine rings is 1. The van der Waals surface area contributed by atoms with Crippen LogP contribution in [0.3, 0.4) is 0 Å². The number of amides is 1. The summed E-state index contributed by atoms with van der Waals surface area (Å²) in [5.41, 5.74) is 5.44. The predicted molar refractivity (Wildman–Crippen MR) is 128 cm³/mol. The summed E-state index contributed by atoms with van der Waals surface area (Å²) in [5, 5.41) is 2.93. The quantitative estimate of drug-likeness (QED) is 0.370. The first-order valence-electron chi connectivity index (χ1n) is 10.5. The fourth-order valence-corrected chi connectivity index (χ4v) is 3.50. The summed E-state index contributed by atoms with van der Waals surface area (Å²) < 4.78 is 6.23. The van der Waals surface area contributed by atoms with Crippen LogP contribution in [0, 0.1) is 13.8 Å². The molecule has 0 aliphatic heterocycles. The molecule has 0 fully saturated rings. The van der Waals surface area contributed by atoms with Crippen LogP contribution in [-0.4, -0.2) is 25.8 Å². The molecule has 0 unspecified atom stereocenters. The average molecular weight is 435 g/mol. The van der Waals surface area contributed by atoms with E-state index in [1.807, 2.05) is 62.4 Å². The van der Waals surface area contributed by atoms with Crippen LogP contribution in [0.1, 0.15) is 21.5 Å². The monoisotopic (exact) mass is 435 g/mol. The minimum atomic E-state index is -0.212. The van der Waals surface area contributed by atoms with Gasteiger partial charge in [0.1, 0.15) is 11.3 Å². The van der Waals surface area contributed by atoms with E-state index in [-0.39, 0.29) is 5.91 Å². The van der Waals surface area contributed by atoms with E-state index in [2.05, 4.69) is 25.3 Å². The second kappa shape index (κ2) is 8.55. The highest BCUT2D eigenvalue weighted by atomic mass is 16.5. The number of fused-ring (bicyclic) bond motifs is 1. The lowest BCUT2D eigenvalue weighted by atomic mass is 10.1. The van der Waals surface area contributed by atoms with Crippen LogP contribution >= 0.6 is 0 Å². The number of aromatic nitrogens is 4. The fraction of sp³-hybridized carbons (Fsp3) is 0.0769. The summed E-state index contributed by atoms with van der Waals surface area (Å²) in [6.07, 6.45) is 5.18. The highest BCUT2D eigenvalue weighted by molar-refractivity contribution is 6.04. The number of rotatable bonds is 5. The van der Waals surface area contributed by atoms with Crippen LogP contribution in [0.15, 0.2) is 79.3 Å². The van der Waals surface area contributed by atoms with Crippen molar-refractivity contribution in [3.8, 4) is 23.0 Å². The minimum absolute atomic E-state index is 0.212. The average Bonchev–Trinajstić information content (AvgIpc) is 3.30. The first kappa shape index (κ1) is 20.4. The lowest BCUT2D eigenvalue weighted by Crippen LogP contribution is -2.12. The lowest BCUT2D eigenvalue weighted by Gasteiger charge is -2.12. The Morgan fingerprint density at radius 3 is 2.64 bits per heavy atom. The molecule has 0 saturated heterocycles. The molecule has 33 heavy (non-hydrogen) atoms. The molecule has 0 aliphatic carbocycles. The molecule has 1 amide bonds. The summed E-state index contributed by atoms with van der Waals surface area (Å²) in [6, 6.07) is 18.6. The molecule has 3 aromatic heterocycles. The van der Waals surface area contributed by atoms with Crippen molar-refractivity contribution in [1.82, 2.24) is 19.9 Å². The standard InChI is InChI=1S/C26H21N5O2/c1-16-4-3-5-20(14-16)29-25(32)19-7-6-17(2)22(15-19)33-26-23-21(10-13-28-23)30-24(31-26)18-8-11-27-12-9-18/h3-15,28H,1-2H3,(H,29,32). The first-order valence-corrected chi connectivity index (χ1v) is 10.5. The third-order valence-corrected chi connectivity index (χ3v) is 5.24. The number of aryl methyl sites for hydroxylation is 2. The zero-order valence-electron chi connectivity index (χ0n) is 18.2. The van der Waals surface area contributed by atoms with Crippen molar-refractivity contribution in [1.29, 1.82) is 0 Å². The van der Waals surface area contributed by atoms with Crippen molar-refractivity contribution < 1.29 is 9.53 Å². The number of benzene rings is 2. The molecule has 162 valence electrons. The van der Waals surface area contributed by atoms with Gasteiger partial charge in [-0.05, 0) is 67.4 Å². The van der Waals surface area contributed by atoms with Crippen molar-refractivity contribution in [3.63, 3.8) is 0 Å². The maximum atomic E-state index is 12.8. The summed E-state index contributed by atoms with van der Waals surface area (Å²) >= 11 is 0. The predicted octanol–water partition coefficient (Wildman–Crippen LogP) is 5.68. The van der Waals surface area contributed by atoms with Crippen molar-refractivity contribution in [3.05, 3.63) is 95.9 Å². The zero-order valence-corrected chi connectivity index (χ0v) is 18.2. The van der Waals surface area contributed by atoms with Crippen LogP contribution in [0.4, 0.5) is 5.69 Å². The van der Waals surface area contributed by atoms with Crippen molar-refractivity contribution in [2.24, 2.45) is 0 Å². The number of carbonyl (C=O) groups is 1. The Bertz CT molecular complexity index is 1460. The number of H-pyrrole nitrogens is 1. The molecule has 7 heteroatoms. The Morgan fingerprint density at radius 1 is 0.970 bits per heavy atom. The lowest BCUT2D eigenvalue weighted by molar-refractivity contribution is 0.102. The van der Waals surface area contributed by atoms with Gasteiger partial charge in [0, 0.05) is 35.4 Å². The zero-order chi connectivity index (χ0) is 22.8. The van der Waals surface area contributed by atoms with Gasteiger partial charge in [-0.15, -0.1) is 0 Å². The molecular weight excluding hydrogens is 414 g/mol. The number of ether oxygens (including phenoxy) is 1. The third kappa shape index (κ3) is 4.29. The van der Waals surface area contributed by atoms with Crippen LogP contribution in [0.5, 0.6) is 11.6 Å². The normalized spacial score (nSPS) is 10.8. The van der Waals surface area contributed by atoms with Gasteiger partial charge in [-0.25, -0.2) is 4.98 Å². The van der Waals surface area contributed by atoms with E-state index in [0.717, 1.165) is 27.9 Å². The molecule has 0 radical (unpaired) electrons. The fourth-order valence-electron chi connectivity index (χ4n) is 3.50. The number of carbonyl (C=O) groups excluding carboxylic acids is 1. The number of hydrogen-bond donors (Lipinski definition) is 2. The summed E-state index contributed by atoms with van der Waals surface area (Å²) in [7, 11) is 0. The second-order valence-electron chi connectivity index (χ2n) is 7.73. The Balaban J connectivity index is 1.48. The van der Waals surface area contributed by atoms with Crippen LogP contribution < -0.4 is 10.1 Å². The second-order valence-corrected chi connectivity index (χ2v) is 7.73. The van der Waals surface area contributed by atoms with Gasteiger partial charge in [-0.3, -0.25) is 9.78 Å². The molecule has 3 heterocycles. The summed E-state index contributed by atoms with van der Waals surface area (Å²) in [5.74, 6) is 1.25. The van der Waals surface area contributed by atoms with Gasteiger partial charge in [0.05, 0.1) is 5.52 Å². The largest absolute Gasteiger partial charge is 0.437 e. The molecule has 5 rings (SSSR count). The van der Waals surface area contributed by atoms with Crippen molar-refractivity contribution in [2.75, 3.05) is 5.32 Å². The maximum absolute atomic E-state index is 12.8. The van der Waals surface area contributed by atoms with E-state index in [9.17, 15) is 4.79 Å². The number of hydrogen-bond acceptors (Lipinski definition) is 5. The SMILES string of the molecule is Cc1cccc(NC(=O)c2ccc(C)c(Oc3nc(-c4ccncc4)nc4cc[nH]c34)c2)c1. The van der Waals surface area contributed by atoms with Crippen LogP contribution in [0.25, 0.3) is 22.4 Å². The van der Waals surface area contributed by atoms with Gasteiger partial charge in [0.15, 0.2) is 5.82 Å². The highest BCUT2D eigenvalue weighted by Crippen LogP contribution is 2.31. The molecule has 0 saturated carbocycles. The van der Waals surface area contributed by atoms with Gasteiger partial charge in [-0.2, -0.15) is 4.98 Å². The van der Waals surface area contributed by atoms with E-state index in [1.54, 1.807) is 30.7 Å².